The molecule has 0 spiro atoms. The molecule has 0 bridgehead atoms. The maximum atomic E-state index is 5.33. The third kappa shape index (κ3) is 2.63. The second-order valence-corrected chi connectivity index (χ2v) is 11.3. The first kappa shape index (κ1) is 21.8. The number of hydrogen-bond acceptors (Lipinski definition) is 3. The predicted octanol–water partition coefficient (Wildman–Crippen LogP) is 8.73. The van der Waals surface area contributed by atoms with Crippen molar-refractivity contribution in [1.82, 2.24) is 19.5 Å². The molecule has 4 heterocycles. The van der Waals surface area contributed by atoms with Gasteiger partial charge in [0.25, 0.3) is 0 Å². The molecule has 4 aromatic heterocycles. The van der Waals surface area contributed by atoms with Crippen LogP contribution in [0.2, 0.25) is 0 Å². The molecule has 0 radical (unpaired) electrons. The van der Waals surface area contributed by atoms with Gasteiger partial charge in [-0.25, -0.2) is 4.98 Å². The quantitative estimate of drug-likeness (QED) is 0.207. The molecular formula is C36H24N4. The molecule has 188 valence electrons. The van der Waals surface area contributed by atoms with Gasteiger partial charge in [-0.2, -0.15) is 0 Å². The summed E-state index contributed by atoms with van der Waals surface area (Å²) in [6.45, 7) is 4.66. The van der Waals surface area contributed by atoms with Crippen LogP contribution in [0.1, 0.15) is 25.0 Å². The molecule has 1 aliphatic rings. The Labute approximate surface area is 230 Å². The van der Waals surface area contributed by atoms with Crippen LogP contribution in [0, 0.1) is 0 Å². The van der Waals surface area contributed by atoms with Crippen LogP contribution in [-0.2, 0) is 5.41 Å². The molecule has 0 atom stereocenters. The molecule has 0 fully saturated rings. The van der Waals surface area contributed by atoms with Gasteiger partial charge in [-0.05, 0) is 47.0 Å². The number of hydrogen-bond donors (Lipinski definition) is 0. The molecule has 4 nitrogen and oxygen atoms in total. The van der Waals surface area contributed by atoms with E-state index in [1.165, 1.54) is 43.9 Å². The van der Waals surface area contributed by atoms with Crippen LogP contribution in [0.5, 0.6) is 0 Å². The zero-order chi connectivity index (χ0) is 26.6. The second kappa shape index (κ2) is 7.51. The first-order valence-electron chi connectivity index (χ1n) is 13.7. The summed E-state index contributed by atoms with van der Waals surface area (Å²) in [5.41, 5.74) is 10.2. The van der Waals surface area contributed by atoms with Gasteiger partial charge in [0.2, 0.25) is 0 Å². The van der Waals surface area contributed by atoms with E-state index in [1.54, 1.807) is 0 Å². The van der Waals surface area contributed by atoms with Gasteiger partial charge in [0.1, 0.15) is 5.82 Å². The van der Waals surface area contributed by atoms with E-state index in [2.05, 4.69) is 109 Å². The Hall–Kier alpha value is -5.09. The number of para-hydroxylation sites is 1. The average molecular weight is 513 g/mol. The largest absolute Gasteiger partial charge is 0.293 e. The molecule has 0 aliphatic heterocycles. The number of nitrogens with zero attached hydrogens (tertiary/aromatic N) is 4. The van der Waals surface area contributed by atoms with Gasteiger partial charge in [0.05, 0.1) is 27.6 Å². The smallest absolute Gasteiger partial charge is 0.138 e. The molecule has 8 aromatic rings. The molecule has 0 saturated heterocycles. The number of rotatable bonds is 1. The number of benzene rings is 4. The van der Waals surface area contributed by atoms with E-state index < -0.39 is 0 Å². The van der Waals surface area contributed by atoms with E-state index in [1.807, 2.05) is 18.5 Å². The van der Waals surface area contributed by atoms with Crippen LogP contribution in [-0.4, -0.2) is 19.5 Å². The standard InChI is InChI=1S/C36H24N4/c1-36(2)26-13-5-3-10-23(26)30-31(36)34-25(12-8-20-38-34)29-24-11-4-6-14-27(24)40(35(29)30)28-18-17-22-16-15-21-9-7-19-37-32(21)33(22)39-28/h3-20H,1-2H3. The molecule has 0 saturated carbocycles. The zero-order valence-electron chi connectivity index (χ0n) is 22.2. The van der Waals surface area contributed by atoms with Gasteiger partial charge in [-0.3, -0.25) is 14.5 Å². The fraction of sp³-hybridized carbons (Fsp3) is 0.0833. The predicted molar refractivity (Wildman–Crippen MR) is 164 cm³/mol. The zero-order valence-corrected chi connectivity index (χ0v) is 22.2. The summed E-state index contributed by atoms with van der Waals surface area (Å²) < 4.78 is 2.37. The van der Waals surface area contributed by atoms with Crippen LogP contribution < -0.4 is 0 Å². The molecule has 1 aliphatic carbocycles. The highest BCUT2D eigenvalue weighted by Crippen LogP contribution is 2.55. The molecule has 0 N–H and O–H groups in total. The van der Waals surface area contributed by atoms with Crippen molar-refractivity contribution in [1.29, 1.82) is 0 Å². The van der Waals surface area contributed by atoms with Gasteiger partial charge in [-0.15, -0.1) is 0 Å². The van der Waals surface area contributed by atoms with Crippen LogP contribution >= 0.6 is 0 Å². The monoisotopic (exact) mass is 512 g/mol. The van der Waals surface area contributed by atoms with Crippen LogP contribution in [0.4, 0.5) is 0 Å². The van der Waals surface area contributed by atoms with E-state index >= 15 is 0 Å². The summed E-state index contributed by atoms with van der Waals surface area (Å²) >= 11 is 0. The fourth-order valence-electron chi connectivity index (χ4n) is 7.12. The highest BCUT2D eigenvalue weighted by atomic mass is 15.1. The van der Waals surface area contributed by atoms with E-state index in [0.29, 0.717) is 0 Å². The molecular weight excluding hydrogens is 488 g/mol. The Kier molecular flexibility index (Phi) is 4.10. The molecule has 0 unspecified atom stereocenters. The first-order valence-corrected chi connectivity index (χ1v) is 13.7. The summed E-state index contributed by atoms with van der Waals surface area (Å²) in [6, 6.07) is 34.5. The average Bonchev–Trinajstić information content (AvgIpc) is 3.47. The summed E-state index contributed by atoms with van der Waals surface area (Å²) in [5, 5.41) is 5.79. The molecule has 0 amide bonds. The van der Waals surface area contributed by atoms with Gasteiger partial charge >= 0.3 is 0 Å². The maximum Gasteiger partial charge on any atom is 0.138 e. The number of fused-ring (bicyclic) bond motifs is 13. The Bertz CT molecular complexity index is 2360. The minimum atomic E-state index is -0.190. The van der Waals surface area contributed by atoms with Crippen LogP contribution in [0.25, 0.3) is 71.5 Å². The third-order valence-electron chi connectivity index (χ3n) is 8.82. The highest BCUT2D eigenvalue weighted by Gasteiger charge is 2.40. The van der Waals surface area contributed by atoms with Gasteiger partial charge < -0.3 is 0 Å². The maximum absolute atomic E-state index is 5.33. The minimum absolute atomic E-state index is 0.190. The minimum Gasteiger partial charge on any atom is -0.293 e. The Morgan fingerprint density at radius 3 is 2.23 bits per heavy atom. The summed E-state index contributed by atoms with van der Waals surface area (Å²) in [4.78, 5) is 15.1. The lowest BCUT2D eigenvalue weighted by molar-refractivity contribution is 0.665. The SMILES string of the molecule is CC1(C)c2ccccc2-c2c1c1ncccc1c1c3ccccc3n(-c3ccc4ccc5cccnc5c4n3)c21. The van der Waals surface area contributed by atoms with Crippen LogP contribution in [0.3, 0.4) is 0 Å². The summed E-state index contributed by atoms with van der Waals surface area (Å²) in [7, 11) is 0. The lowest BCUT2D eigenvalue weighted by atomic mass is 9.81. The van der Waals surface area contributed by atoms with E-state index in [4.69, 9.17) is 15.0 Å². The van der Waals surface area contributed by atoms with Gasteiger partial charge in [0, 0.05) is 50.3 Å². The lowest BCUT2D eigenvalue weighted by Gasteiger charge is -2.23. The lowest BCUT2D eigenvalue weighted by Crippen LogP contribution is -2.16. The van der Waals surface area contributed by atoms with Crippen molar-refractivity contribution in [3.63, 3.8) is 0 Å². The van der Waals surface area contributed by atoms with Crippen molar-refractivity contribution in [3.05, 3.63) is 121 Å². The normalized spacial score (nSPS) is 13.9. The topological polar surface area (TPSA) is 43.6 Å². The second-order valence-electron chi connectivity index (χ2n) is 11.3. The van der Waals surface area contributed by atoms with E-state index in [9.17, 15) is 0 Å². The van der Waals surface area contributed by atoms with E-state index in [0.717, 1.165) is 38.7 Å². The van der Waals surface area contributed by atoms with Crippen molar-refractivity contribution >= 4 is 54.5 Å². The molecule has 4 aromatic carbocycles. The van der Waals surface area contributed by atoms with Crippen molar-refractivity contribution < 1.29 is 0 Å². The van der Waals surface area contributed by atoms with Crippen molar-refractivity contribution in [2.75, 3.05) is 0 Å². The van der Waals surface area contributed by atoms with E-state index in [-0.39, 0.29) is 5.41 Å². The molecule has 40 heavy (non-hydrogen) atoms. The third-order valence-corrected chi connectivity index (χ3v) is 8.82. The summed E-state index contributed by atoms with van der Waals surface area (Å²) in [5.74, 6) is 0.893. The molecule has 4 heteroatoms. The molecule has 9 rings (SSSR count). The van der Waals surface area contributed by atoms with Gasteiger partial charge in [0.15, 0.2) is 0 Å². The van der Waals surface area contributed by atoms with Crippen molar-refractivity contribution in [3.8, 4) is 16.9 Å². The number of aromatic nitrogens is 4. The Morgan fingerprint density at radius 2 is 1.32 bits per heavy atom. The van der Waals surface area contributed by atoms with Crippen molar-refractivity contribution in [2.45, 2.75) is 19.3 Å². The fourth-order valence-corrected chi connectivity index (χ4v) is 7.12. The summed E-state index contributed by atoms with van der Waals surface area (Å²) in [6.07, 6.45) is 3.78. The van der Waals surface area contributed by atoms with Crippen LogP contribution in [0.15, 0.2) is 109 Å². The number of pyridine rings is 3. The van der Waals surface area contributed by atoms with Crippen molar-refractivity contribution in [2.24, 2.45) is 0 Å². The highest BCUT2D eigenvalue weighted by molar-refractivity contribution is 6.26. The Balaban J connectivity index is 1.54. The Morgan fingerprint density at radius 1 is 0.625 bits per heavy atom. The van der Waals surface area contributed by atoms with Gasteiger partial charge in [-0.1, -0.05) is 80.6 Å². The first-order chi connectivity index (χ1) is 19.6.